The van der Waals surface area contributed by atoms with Gasteiger partial charge in [0.25, 0.3) is 0 Å². The molecule has 2 fully saturated rings. The van der Waals surface area contributed by atoms with Crippen LogP contribution in [0.3, 0.4) is 0 Å². The van der Waals surface area contributed by atoms with Gasteiger partial charge in [0.1, 0.15) is 0 Å². The molecule has 2 aliphatic rings. The predicted octanol–water partition coefficient (Wildman–Crippen LogP) is 2.73. The first-order chi connectivity index (χ1) is 7.83. The Balaban J connectivity index is 2.09. The molecule has 1 radical (unpaired) electrons. The van der Waals surface area contributed by atoms with Crippen molar-refractivity contribution < 1.29 is 10.0 Å². The van der Waals surface area contributed by atoms with Gasteiger partial charge in [-0.15, -0.1) is 10.3 Å². The first-order valence-corrected chi connectivity index (χ1v) is 6.74. The van der Waals surface area contributed by atoms with Gasteiger partial charge in [0, 0.05) is 17.6 Å². The summed E-state index contributed by atoms with van der Waals surface area (Å²) in [5, 5.41) is 14.8. The van der Waals surface area contributed by atoms with Gasteiger partial charge in [-0.2, -0.15) is 5.06 Å². The molecule has 0 amide bonds. The van der Waals surface area contributed by atoms with Gasteiger partial charge in [0.05, 0.1) is 0 Å². The second-order valence-corrected chi connectivity index (χ2v) is 6.62. The van der Waals surface area contributed by atoms with Crippen molar-refractivity contribution in [2.75, 3.05) is 6.54 Å². The zero-order valence-corrected chi connectivity index (χ0v) is 11.5. The molecule has 2 aliphatic heterocycles. The van der Waals surface area contributed by atoms with E-state index in [0.717, 1.165) is 30.7 Å². The fourth-order valence-corrected chi connectivity index (χ4v) is 3.20. The number of hydrogen-bond acceptors (Lipinski definition) is 3. The number of hydroxylamine groups is 4. The van der Waals surface area contributed by atoms with Crippen LogP contribution in [0, 0.1) is 0 Å². The van der Waals surface area contributed by atoms with Crippen LogP contribution >= 0.6 is 0 Å². The lowest BCUT2D eigenvalue weighted by atomic mass is 9.82. The molecule has 0 aromatic rings. The van der Waals surface area contributed by atoms with Crippen LogP contribution in [-0.4, -0.2) is 34.0 Å². The van der Waals surface area contributed by atoms with E-state index in [-0.39, 0.29) is 17.3 Å². The van der Waals surface area contributed by atoms with Crippen LogP contribution < -0.4 is 0 Å². The summed E-state index contributed by atoms with van der Waals surface area (Å²) >= 11 is 0. The minimum atomic E-state index is -0.272. The van der Waals surface area contributed by atoms with Crippen LogP contribution in [0.15, 0.2) is 0 Å². The molecule has 4 nitrogen and oxygen atoms in total. The average Bonchev–Trinajstić information content (AvgIpc) is 2.57. The van der Waals surface area contributed by atoms with Crippen LogP contribution in [0.5, 0.6) is 0 Å². The lowest BCUT2D eigenvalue weighted by Crippen LogP contribution is -2.60. The van der Waals surface area contributed by atoms with Crippen molar-refractivity contribution in [3.05, 3.63) is 0 Å². The van der Waals surface area contributed by atoms with Gasteiger partial charge in [-0.25, -0.2) is 0 Å². The van der Waals surface area contributed by atoms with E-state index < -0.39 is 0 Å². The SMILES string of the molecule is CC1(C)CCCC(C)(C)N1OC1CCCN1[O]. The molecule has 1 atom stereocenters. The highest BCUT2D eigenvalue weighted by atomic mass is 16.7. The Kier molecular flexibility index (Phi) is 3.51. The summed E-state index contributed by atoms with van der Waals surface area (Å²) in [5.41, 5.74) is 0.0381. The van der Waals surface area contributed by atoms with Crippen molar-refractivity contribution in [3.8, 4) is 0 Å². The Morgan fingerprint density at radius 2 is 1.65 bits per heavy atom. The minimum absolute atomic E-state index is 0.0190. The molecule has 2 rings (SSSR count). The monoisotopic (exact) mass is 241 g/mol. The van der Waals surface area contributed by atoms with Gasteiger partial charge in [-0.3, -0.25) is 4.84 Å². The molecule has 4 heteroatoms. The first-order valence-electron chi connectivity index (χ1n) is 6.74. The fourth-order valence-electron chi connectivity index (χ4n) is 3.20. The van der Waals surface area contributed by atoms with Crippen LogP contribution in [-0.2, 0) is 10.0 Å². The number of hydrogen-bond donors (Lipinski definition) is 0. The number of rotatable bonds is 2. The molecule has 0 aromatic carbocycles. The Bertz CT molecular complexity index is 263. The lowest BCUT2D eigenvalue weighted by molar-refractivity contribution is -0.364. The smallest absolute Gasteiger partial charge is 0.157 e. The molecule has 99 valence electrons. The number of piperidine rings is 1. The summed E-state index contributed by atoms with van der Waals surface area (Å²) in [6.45, 7) is 9.44. The molecule has 0 N–H and O–H groups in total. The summed E-state index contributed by atoms with van der Waals surface area (Å²) in [4.78, 5) is 6.04. The van der Waals surface area contributed by atoms with Crippen LogP contribution in [0.2, 0.25) is 0 Å². The average molecular weight is 241 g/mol. The molecule has 0 aromatic heterocycles. The molecular weight excluding hydrogens is 216 g/mol. The van der Waals surface area contributed by atoms with Crippen LogP contribution in [0.25, 0.3) is 0 Å². The molecule has 17 heavy (non-hydrogen) atoms. The first kappa shape index (κ1) is 13.3. The van der Waals surface area contributed by atoms with E-state index in [4.69, 9.17) is 4.84 Å². The molecule has 0 saturated carbocycles. The van der Waals surface area contributed by atoms with E-state index in [0.29, 0.717) is 6.54 Å². The highest BCUT2D eigenvalue weighted by molar-refractivity contribution is 4.93. The van der Waals surface area contributed by atoms with E-state index in [2.05, 4.69) is 32.8 Å². The maximum Gasteiger partial charge on any atom is 0.157 e. The molecule has 1 unspecified atom stereocenters. The Hall–Kier alpha value is -0.160. The van der Waals surface area contributed by atoms with E-state index in [1.54, 1.807) is 0 Å². The second-order valence-electron chi connectivity index (χ2n) is 6.62. The Morgan fingerprint density at radius 1 is 1.06 bits per heavy atom. The van der Waals surface area contributed by atoms with Crippen molar-refractivity contribution in [2.24, 2.45) is 0 Å². The summed E-state index contributed by atoms with van der Waals surface area (Å²) in [5.74, 6) is 0. The standard InChI is InChI=1S/C13H25N2O2/c1-12(2)8-6-9-13(3,4)15(12)17-11-7-5-10-14(11)16/h11H,5-10H2,1-4H3. The molecule has 0 spiro atoms. The van der Waals surface area contributed by atoms with Gasteiger partial charge in [-0.1, -0.05) is 0 Å². The molecule has 2 heterocycles. The summed E-state index contributed by atoms with van der Waals surface area (Å²) in [6, 6.07) is 0. The predicted molar refractivity (Wildman–Crippen MR) is 65.3 cm³/mol. The quantitative estimate of drug-likeness (QED) is 0.745. The second kappa shape index (κ2) is 4.50. The molecule has 0 aliphatic carbocycles. The molecular formula is C13H25N2O2. The highest BCUT2D eigenvalue weighted by Gasteiger charge is 2.44. The Labute approximate surface area is 104 Å². The maximum absolute atomic E-state index is 11.6. The number of nitrogens with zero attached hydrogens (tertiary/aromatic N) is 2. The molecule has 2 saturated heterocycles. The third-order valence-electron chi connectivity index (χ3n) is 4.05. The third kappa shape index (κ3) is 2.65. The van der Waals surface area contributed by atoms with Gasteiger partial charge < -0.3 is 0 Å². The van der Waals surface area contributed by atoms with Gasteiger partial charge in [0.15, 0.2) is 6.23 Å². The van der Waals surface area contributed by atoms with E-state index >= 15 is 0 Å². The topological polar surface area (TPSA) is 35.6 Å². The fraction of sp³-hybridized carbons (Fsp3) is 1.00. The van der Waals surface area contributed by atoms with Crippen LogP contribution in [0.1, 0.15) is 59.8 Å². The largest absolute Gasteiger partial charge is 0.277 e. The van der Waals surface area contributed by atoms with Gasteiger partial charge >= 0.3 is 0 Å². The van der Waals surface area contributed by atoms with Crippen molar-refractivity contribution in [3.63, 3.8) is 0 Å². The Morgan fingerprint density at radius 3 is 2.12 bits per heavy atom. The highest BCUT2D eigenvalue weighted by Crippen LogP contribution is 2.39. The van der Waals surface area contributed by atoms with Crippen LogP contribution in [0.4, 0.5) is 0 Å². The summed E-state index contributed by atoms with van der Waals surface area (Å²) < 4.78 is 0. The summed E-state index contributed by atoms with van der Waals surface area (Å²) in [6.07, 6.45) is 5.01. The van der Waals surface area contributed by atoms with Crippen molar-refractivity contribution >= 4 is 0 Å². The summed E-state index contributed by atoms with van der Waals surface area (Å²) in [7, 11) is 0. The van der Waals surface area contributed by atoms with E-state index in [1.165, 1.54) is 6.42 Å². The normalized spacial score (nSPS) is 34.1. The van der Waals surface area contributed by atoms with Crippen molar-refractivity contribution in [1.82, 2.24) is 10.1 Å². The van der Waals surface area contributed by atoms with Crippen molar-refractivity contribution in [2.45, 2.75) is 77.1 Å². The third-order valence-corrected chi connectivity index (χ3v) is 4.05. The maximum atomic E-state index is 11.6. The zero-order valence-electron chi connectivity index (χ0n) is 11.5. The van der Waals surface area contributed by atoms with Gasteiger partial charge in [0.2, 0.25) is 0 Å². The van der Waals surface area contributed by atoms with Gasteiger partial charge in [-0.05, 0) is 59.8 Å². The van der Waals surface area contributed by atoms with E-state index in [1.807, 2.05) is 0 Å². The van der Waals surface area contributed by atoms with Crippen molar-refractivity contribution in [1.29, 1.82) is 0 Å². The minimum Gasteiger partial charge on any atom is -0.277 e. The van der Waals surface area contributed by atoms with E-state index in [9.17, 15) is 5.21 Å². The molecule has 0 bridgehead atoms. The zero-order chi connectivity index (χ0) is 12.7. The lowest BCUT2D eigenvalue weighted by Gasteiger charge is -2.52.